The van der Waals surface area contributed by atoms with Crippen LogP contribution in [0.25, 0.3) is 0 Å². The Morgan fingerprint density at radius 3 is 2.38 bits per heavy atom. The highest BCUT2D eigenvalue weighted by Crippen LogP contribution is 2.19. The molecule has 0 aliphatic heterocycles. The van der Waals surface area contributed by atoms with Gasteiger partial charge in [-0.05, 0) is 12.8 Å². The molecule has 77 valence electrons. The molecule has 0 saturated heterocycles. The van der Waals surface area contributed by atoms with Crippen LogP contribution in [-0.4, -0.2) is 23.3 Å². The number of unbranched alkanes of at least 4 members (excludes halogenated alkanes) is 2. The quantitative estimate of drug-likeness (QED) is 0.486. The molecule has 0 rings (SSSR count). The van der Waals surface area contributed by atoms with Crippen LogP contribution in [0, 0.1) is 0 Å². The summed E-state index contributed by atoms with van der Waals surface area (Å²) < 4.78 is 4.40. The Kier molecular flexibility index (Phi) is 9.15. The molecule has 0 aromatic carbocycles. The first-order chi connectivity index (χ1) is 6.18. The third-order valence-electron chi connectivity index (χ3n) is 1.56. The third-order valence-corrected chi connectivity index (χ3v) is 2.90. The number of carbonyl (C=O) groups excluding carboxylic acids is 1. The number of hydrogen-bond acceptors (Lipinski definition) is 2. The minimum atomic E-state index is -0.513. The molecule has 2 nitrogen and oxygen atoms in total. The highest BCUT2D eigenvalue weighted by Gasteiger charge is 2.12. The fourth-order valence-corrected chi connectivity index (χ4v) is 1.26. The Morgan fingerprint density at radius 1 is 1.15 bits per heavy atom. The van der Waals surface area contributed by atoms with E-state index in [0.29, 0.717) is 6.61 Å². The van der Waals surface area contributed by atoms with Crippen LogP contribution in [0.4, 0.5) is 0 Å². The predicted molar refractivity (Wildman–Crippen MR) is 55.2 cm³/mol. The summed E-state index contributed by atoms with van der Waals surface area (Å²) in [6, 6.07) is 0. The summed E-state index contributed by atoms with van der Waals surface area (Å²) in [5.74, 6) is 0. The van der Waals surface area contributed by atoms with Gasteiger partial charge in [0.2, 0.25) is 0 Å². The molecular formula is C8H12Cl3O2. The van der Waals surface area contributed by atoms with Gasteiger partial charge in [0.25, 0.3) is 0 Å². The van der Waals surface area contributed by atoms with Gasteiger partial charge in [0.05, 0.1) is 12.0 Å². The van der Waals surface area contributed by atoms with E-state index in [2.05, 4.69) is 4.74 Å². The Labute approximate surface area is 93.5 Å². The zero-order chi connectivity index (χ0) is 10.1. The highest BCUT2D eigenvalue weighted by molar-refractivity contribution is 6.48. The molecule has 0 aliphatic carbocycles. The van der Waals surface area contributed by atoms with E-state index in [1.54, 1.807) is 0 Å². The maximum Gasteiger partial charge on any atom is 0.417 e. The SMILES string of the molecule is O=[C]OCCCCCC(Cl)C(Cl)Cl. The first-order valence-electron chi connectivity index (χ1n) is 4.09. The molecule has 0 amide bonds. The van der Waals surface area contributed by atoms with Crippen LogP contribution >= 0.6 is 34.8 Å². The van der Waals surface area contributed by atoms with E-state index in [-0.39, 0.29) is 5.38 Å². The van der Waals surface area contributed by atoms with E-state index in [1.807, 2.05) is 0 Å². The van der Waals surface area contributed by atoms with E-state index in [1.165, 1.54) is 6.47 Å². The molecule has 0 heterocycles. The van der Waals surface area contributed by atoms with Crippen LogP contribution < -0.4 is 0 Å². The molecular weight excluding hydrogens is 234 g/mol. The van der Waals surface area contributed by atoms with Crippen LogP contribution in [0.2, 0.25) is 0 Å². The molecule has 0 bridgehead atoms. The van der Waals surface area contributed by atoms with E-state index >= 15 is 0 Å². The van der Waals surface area contributed by atoms with Crippen molar-refractivity contribution in [3.05, 3.63) is 0 Å². The lowest BCUT2D eigenvalue weighted by molar-refractivity contribution is 0.268. The van der Waals surface area contributed by atoms with Crippen molar-refractivity contribution in [1.29, 1.82) is 0 Å². The second-order valence-electron chi connectivity index (χ2n) is 2.63. The van der Waals surface area contributed by atoms with Crippen LogP contribution in [0.1, 0.15) is 25.7 Å². The number of ether oxygens (including phenoxy) is 1. The second kappa shape index (κ2) is 8.92. The highest BCUT2D eigenvalue weighted by atomic mass is 35.5. The van der Waals surface area contributed by atoms with Crippen molar-refractivity contribution in [2.24, 2.45) is 0 Å². The number of hydrogen-bond donors (Lipinski definition) is 0. The Bertz CT molecular complexity index is 131. The monoisotopic (exact) mass is 245 g/mol. The van der Waals surface area contributed by atoms with Crippen molar-refractivity contribution >= 4 is 41.3 Å². The van der Waals surface area contributed by atoms with Crippen LogP contribution in [-0.2, 0) is 9.53 Å². The van der Waals surface area contributed by atoms with Gasteiger partial charge in [-0.1, -0.05) is 12.8 Å². The molecule has 0 spiro atoms. The summed E-state index contributed by atoms with van der Waals surface area (Å²) in [7, 11) is 0. The minimum Gasteiger partial charge on any atom is -0.457 e. The number of alkyl halides is 3. The molecule has 0 fully saturated rings. The van der Waals surface area contributed by atoms with Crippen LogP contribution in [0.3, 0.4) is 0 Å². The van der Waals surface area contributed by atoms with Gasteiger partial charge >= 0.3 is 6.47 Å². The van der Waals surface area contributed by atoms with Crippen LogP contribution in [0.15, 0.2) is 0 Å². The fraction of sp³-hybridized carbons (Fsp3) is 0.875. The first-order valence-corrected chi connectivity index (χ1v) is 5.40. The summed E-state index contributed by atoms with van der Waals surface area (Å²) in [5.41, 5.74) is 0. The number of rotatable bonds is 8. The van der Waals surface area contributed by atoms with Crippen molar-refractivity contribution in [3.63, 3.8) is 0 Å². The lowest BCUT2D eigenvalue weighted by Gasteiger charge is -2.08. The van der Waals surface area contributed by atoms with E-state index in [9.17, 15) is 4.79 Å². The second-order valence-corrected chi connectivity index (χ2v) is 4.36. The molecule has 13 heavy (non-hydrogen) atoms. The molecule has 0 saturated carbocycles. The summed E-state index contributed by atoms with van der Waals surface area (Å²) in [4.78, 5) is 9.12. The van der Waals surface area contributed by atoms with Gasteiger partial charge in [-0.15, -0.1) is 34.8 Å². The predicted octanol–water partition coefficient (Wildman–Crippen LogP) is 3.04. The summed E-state index contributed by atoms with van der Waals surface area (Å²) in [5, 5.41) is -0.193. The Balaban J connectivity index is 3.11. The lowest BCUT2D eigenvalue weighted by Crippen LogP contribution is -2.07. The minimum absolute atomic E-state index is 0.193. The molecule has 1 unspecified atom stereocenters. The van der Waals surface area contributed by atoms with Gasteiger partial charge < -0.3 is 4.74 Å². The normalized spacial score (nSPS) is 12.9. The third kappa shape index (κ3) is 8.66. The van der Waals surface area contributed by atoms with Gasteiger partial charge in [-0.25, -0.2) is 4.79 Å². The lowest BCUT2D eigenvalue weighted by atomic mass is 10.1. The molecule has 0 aliphatic rings. The van der Waals surface area contributed by atoms with Crippen molar-refractivity contribution in [1.82, 2.24) is 0 Å². The average molecular weight is 247 g/mol. The zero-order valence-electron chi connectivity index (χ0n) is 7.14. The summed E-state index contributed by atoms with van der Waals surface area (Å²) in [6.07, 6.45) is 3.50. The van der Waals surface area contributed by atoms with Crippen LogP contribution in [0.5, 0.6) is 0 Å². The van der Waals surface area contributed by atoms with E-state index in [0.717, 1.165) is 25.7 Å². The largest absolute Gasteiger partial charge is 0.457 e. The molecule has 0 N–H and O–H groups in total. The van der Waals surface area contributed by atoms with Crippen molar-refractivity contribution in [3.8, 4) is 0 Å². The van der Waals surface area contributed by atoms with Gasteiger partial charge in [-0.3, -0.25) is 0 Å². The van der Waals surface area contributed by atoms with Gasteiger partial charge in [-0.2, -0.15) is 0 Å². The molecule has 0 aromatic rings. The van der Waals surface area contributed by atoms with Gasteiger partial charge in [0.1, 0.15) is 4.84 Å². The Morgan fingerprint density at radius 2 is 1.85 bits per heavy atom. The fourth-order valence-electron chi connectivity index (χ4n) is 0.858. The van der Waals surface area contributed by atoms with Gasteiger partial charge in [0.15, 0.2) is 0 Å². The zero-order valence-corrected chi connectivity index (χ0v) is 9.41. The smallest absolute Gasteiger partial charge is 0.417 e. The number of halogens is 3. The van der Waals surface area contributed by atoms with E-state index in [4.69, 9.17) is 34.8 Å². The van der Waals surface area contributed by atoms with Gasteiger partial charge in [0, 0.05) is 0 Å². The standard InChI is InChI=1S/C8H12Cl3O2/c9-7(8(10)11)4-2-1-3-5-13-6-12/h7-8H,1-5H2. The van der Waals surface area contributed by atoms with Crippen molar-refractivity contribution in [2.45, 2.75) is 35.9 Å². The summed E-state index contributed by atoms with van der Waals surface area (Å²) in [6.45, 7) is 1.79. The van der Waals surface area contributed by atoms with E-state index < -0.39 is 4.84 Å². The molecule has 5 heteroatoms. The average Bonchev–Trinajstić information content (AvgIpc) is 2.10. The van der Waals surface area contributed by atoms with Crippen molar-refractivity contribution in [2.75, 3.05) is 6.61 Å². The molecule has 0 aromatic heterocycles. The first kappa shape index (κ1) is 13.3. The Hall–Kier alpha value is 0.340. The maximum absolute atomic E-state index is 9.63. The topological polar surface area (TPSA) is 26.3 Å². The molecule has 1 radical (unpaired) electrons. The molecule has 1 atom stereocenters. The summed E-state index contributed by atoms with van der Waals surface area (Å²) >= 11 is 16.9. The maximum atomic E-state index is 9.63. The van der Waals surface area contributed by atoms with Crippen molar-refractivity contribution < 1.29 is 9.53 Å².